The highest BCUT2D eigenvalue weighted by molar-refractivity contribution is 6.30. The van der Waals surface area contributed by atoms with Gasteiger partial charge in [0.15, 0.2) is 0 Å². The summed E-state index contributed by atoms with van der Waals surface area (Å²) in [7, 11) is 1.95. The molecule has 2 N–H and O–H groups in total. The van der Waals surface area contributed by atoms with E-state index in [2.05, 4.69) is 18.1 Å². The predicted octanol–water partition coefficient (Wildman–Crippen LogP) is 2.97. The van der Waals surface area contributed by atoms with E-state index >= 15 is 0 Å². The second-order valence-electron chi connectivity index (χ2n) is 5.25. The van der Waals surface area contributed by atoms with Crippen molar-refractivity contribution in [1.82, 2.24) is 9.78 Å². The van der Waals surface area contributed by atoms with Crippen LogP contribution in [-0.4, -0.2) is 21.9 Å². The Balaban J connectivity index is 1.98. The Kier molecular flexibility index (Phi) is 5.26. The van der Waals surface area contributed by atoms with Crippen molar-refractivity contribution in [1.29, 1.82) is 0 Å². The van der Waals surface area contributed by atoms with Crippen molar-refractivity contribution in [2.24, 2.45) is 12.8 Å². The maximum absolute atomic E-state index is 6.26. The summed E-state index contributed by atoms with van der Waals surface area (Å²) in [6.07, 6.45) is 1.55. The molecule has 2 aromatic rings. The van der Waals surface area contributed by atoms with Crippen LogP contribution < -0.4 is 10.5 Å². The lowest BCUT2D eigenvalue weighted by Gasteiger charge is -2.21. The van der Waals surface area contributed by atoms with Crippen LogP contribution in [0.2, 0.25) is 5.02 Å². The summed E-state index contributed by atoms with van der Waals surface area (Å²) in [5.74, 6) is 0.740. The van der Waals surface area contributed by atoms with Crippen molar-refractivity contribution in [3.05, 3.63) is 46.7 Å². The zero-order valence-electron chi connectivity index (χ0n) is 12.7. The minimum absolute atomic E-state index is 0.107. The molecule has 2 atom stereocenters. The van der Waals surface area contributed by atoms with Gasteiger partial charge in [-0.1, -0.05) is 24.6 Å². The molecule has 0 aliphatic carbocycles. The molecule has 2 unspecified atom stereocenters. The molecule has 21 heavy (non-hydrogen) atoms. The Bertz CT molecular complexity index is 597. The van der Waals surface area contributed by atoms with Gasteiger partial charge in [-0.2, -0.15) is 5.10 Å². The van der Waals surface area contributed by atoms with Crippen molar-refractivity contribution in [3.63, 3.8) is 0 Å². The van der Waals surface area contributed by atoms with E-state index in [0.717, 1.165) is 30.0 Å². The van der Waals surface area contributed by atoms with E-state index in [9.17, 15) is 0 Å². The Morgan fingerprint density at radius 3 is 2.76 bits per heavy atom. The van der Waals surface area contributed by atoms with Crippen LogP contribution in [0.15, 0.2) is 30.3 Å². The summed E-state index contributed by atoms with van der Waals surface area (Å²) in [5, 5.41) is 5.10. The van der Waals surface area contributed by atoms with Crippen LogP contribution in [0.3, 0.4) is 0 Å². The fourth-order valence-electron chi connectivity index (χ4n) is 2.19. The fourth-order valence-corrected chi connectivity index (χ4v) is 2.37. The summed E-state index contributed by atoms with van der Waals surface area (Å²) < 4.78 is 7.76. The molecule has 0 amide bonds. The van der Waals surface area contributed by atoms with Gasteiger partial charge in [-0.15, -0.1) is 0 Å². The summed E-state index contributed by atoms with van der Waals surface area (Å²) >= 11 is 5.95. The largest absolute Gasteiger partial charge is 0.489 e. The molecule has 0 saturated carbocycles. The lowest BCUT2D eigenvalue weighted by atomic mass is 10.1. The molecule has 4 nitrogen and oxygen atoms in total. The van der Waals surface area contributed by atoms with E-state index < -0.39 is 0 Å². The minimum atomic E-state index is -0.108. The lowest BCUT2D eigenvalue weighted by Crippen LogP contribution is -2.38. The number of rotatable bonds is 6. The van der Waals surface area contributed by atoms with E-state index in [-0.39, 0.29) is 12.1 Å². The second-order valence-corrected chi connectivity index (χ2v) is 5.69. The summed E-state index contributed by atoms with van der Waals surface area (Å²) in [4.78, 5) is 0. The Labute approximate surface area is 130 Å². The highest BCUT2D eigenvalue weighted by Gasteiger charge is 2.17. The van der Waals surface area contributed by atoms with Gasteiger partial charge >= 0.3 is 0 Å². The number of aryl methyl sites for hydroxylation is 2. The number of aromatic nitrogens is 2. The molecule has 5 heteroatoms. The topological polar surface area (TPSA) is 53.1 Å². The first-order chi connectivity index (χ1) is 9.99. The van der Waals surface area contributed by atoms with Gasteiger partial charge in [0.05, 0.1) is 5.69 Å². The van der Waals surface area contributed by atoms with Gasteiger partial charge in [-0.3, -0.25) is 4.68 Å². The zero-order valence-corrected chi connectivity index (χ0v) is 13.5. The van der Waals surface area contributed by atoms with Crippen LogP contribution in [0.1, 0.15) is 25.2 Å². The minimum Gasteiger partial charge on any atom is -0.489 e. The van der Waals surface area contributed by atoms with Crippen LogP contribution in [0.25, 0.3) is 0 Å². The SMILES string of the molecule is CCc1cc(CC(N)C(C)Oc2cccc(Cl)c2)n(C)n1. The third kappa shape index (κ3) is 4.22. The molecule has 2 rings (SSSR count). The number of nitrogens with zero attached hydrogens (tertiary/aromatic N) is 2. The highest BCUT2D eigenvalue weighted by Crippen LogP contribution is 2.19. The quantitative estimate of drug-likeness (QED) is 0.892. The van der Waals surface area contributed by atoms with Gasteiger partial charge in [0.25, 0.3) is 0 Å². The number of hydrogen-bond acceptors (Lipinski definition) is 3. The van der Waals surface area contributed by atoms with E-state index in [1.807, 2.05) is 36.9 Å². The van der Waals surface area contributed by atoms with Crippen LogP contribution in [-0.2, 0) is 19.9 Å². The van der Waals surface area contributed by atoms with Crippen LogP contribution in [0, 0.1) is 0 Å². The first-order valence-electron chi connectivity index (χ1n) is 7.19. The molecule has 0 spiro atoms. The standard InChI is InChI=1S/C16H22ClN3O/c1-4-13-9-14(20(3)19-13)10-16(18)11(2)21-15-7-5-6-12(17)8-15/h5-9,11,16H,4,10,18H2,1-3H3. The zero-order chi connectivity index (χ0) is 15.4. The molecule has 0 aliphatic rings. The number of benzene rings is 1. The number of halogens is 1. The third-order valence-corrected chi connectivity index (χ3v) is 3.79. The first-order valence-corrected chi connectivity index (χ1v) is 7.57. The summed E-state index contributed by atoms with van der Waals surface area (Å²) in [5.41, 5.74) is 8.47. The van der Waals surface area contributed by atoms with Crippen molar-refractivity contribution in [3.8, 4) is 5.75 Å². The molecule has 1 aromatic heterocycles. The van der Waals surface area contributed by atoms with Crippen molar-refractivity contribution >= 4 is 11.6 Å². The Hall–Kier alpha value is -1.52. The molecule has 0 aliphatic heterocycles. The molecule has 0 radical (unpaired) electrons. The highest BCUT2D eigenvalue weighted by atomic mass is 35.5. The smallest absolute Gasteiger partial charge is 0.121 e. The molecule has 0 bridgehead atoms. The van der Waals surface area contributed by atoms with E-state index in [1.165, 1.54) is 0 Å². The van der Waals surface area contributed by atoms with Gasteiger partial charge < -0.3 is 10.5 Å². The first kappa shape index (κ1) is 15.9. The maximum Gasteiger partial charge on any atom is 0.121 e. The van der Waals surface area contributed by atoms with Gasteiger partial charge in [0, 0.05) is 30.2 Å². The van der Waals surface area contributed by atoms with E-state index in [0.29, 0.717) is 5.02 Å². The van der Waals surface area contributed by atoms with Crippen molar-refractivity contribution in [2.45, 2.75) is 38.8 Å². The fraction of sp³-hybridized carbons (Fsp3) is 0.438. The van der Waals surface area contributed by atoms with Gasteiger partial charge in [0.2, 0.25) is 0 Å². The molecule has 0 fully saturated rings. The lowest BCUT2D eigenvalue weighted by molar-refractivity contribution is 0.188. The second kappa shape index (κ2) is 6.96. The molecule has 114 valence electrons. The summed E-state index contributed by atoms with van der Waals surface area (Å²) in [6.45, 7) is 4.07. The Morgan fingerprint density at radius 2 is 2.14 bits per heavy atom. The van der Waals surface area contributed by atoms with Crippen LogP contribution >= 0.6 is 11.6 Å². The molecule has 1 heterocycles. The van der Waals surface area contributed by atoms with Crippen molar-refractivity contribution < 1.29 is 4.74 Å². The van der Waals surface area contributed by atoms with Gasteiger partial charge in [-0.25, -0.2) is 0 Å². The molecular formula is C16H22ClN3O. The van der Waals surface area contributed by atoms with E-state index in [4.69, 9.17) is 22.1 Å². The molecule has 1 aromatic carbocycles. The average molecular weight is 308 g/mol. The average Bonchev–Trinajstić information content (AvgIpc) is 2.79. The van der Waals surface area contributed by atoms with Crippen molar-refractivity contribution in [2.75, 3.05) is 0 Å². The Morgan fingerprint density at radius 1 is 1.38 bits per heavy atom. The van der Waals surface area contributed by atoms with Gasteiger partial charge in [0.1, 0.15) is 11.9 Å². The molecular weight excluding hydrogens is 286 g/mol. The number of ether oxygens (including phenoxy) is 1. The van der Waals surface area contributed by atoms with Gasteiger partial charge in [-0.05, 0) is 37.6 Å². The normalized spacial score (nSPS) is 14.0. The summed E-state index contributed by atoms with van der Waals surface area (Å²) in [6, 6.07) is 9.36. The number of hydrogen-bond donors (Lipinski definition) is 1. The van der Waals surface area contributed by atoms with Crippen LogP contribution in [0.5, 0.6) is 5.75 Å². The third-order valence-electron chi connectivity index (χ3n) is 3.56. The van der Waals surface area contributed by atoms with E-state index in [1.54, 1.807) is 6.07 Å². The maximum atomic E-state index is 6.26. The molecule has 0 saturated heterocycles. The predicted molar refractivity (Wildman–Crippen MR) is 85.8 cm³/mol. The van der Waals surface area contributed by atoms with Crippen LogP contribution in [0.4, 0.5) is 0 Å². The number of nitrogens with two attached hydrogens (primary N) is 1. The monoisotopic (exact) mass is 307 g/mol.